The minimum absolute atomic E-state index is 0.410. The van der Waals surface area contributed by atoms with Crippen LogP contribution in [0.3, 0.4) is 0 Å². The van der Waals surface area contributed by atoms with Crippen LogP contribution in [0, 0.1) is 11.3 Å². The number of hydrazone groups is 1. The van der Waals surface area contributed by atoms with Gasteiger partial charge in [0.25, 0.3) is 0 Å². The molecule has 148 valence electrons. The number of aromatic nitrogens is 4. The van der Waals surface area contributed by atoms with Crippen LogP contribution >= 0.6 is 11.3 Å². The number of hydrogen-bond acceptors (Lipinski definition) is 7. The van der Waals surface area contributed by atoms with Crippen LogP contribution in [0.25, 0.3) is 21.5 Å². The van der Waals surface area contributed by atoms with Crippen molar-refractivity contribution in [2.45, 2.75) is 32.2 Å². The summed E-state index contributed by atoms with van der Waals surface area (Å²) in [6, 6.07) is 12.1. The topological polar surface area (TPSA) is 91.8 Å². The first-order chi connectivity index (χ1) is 14.8. The van der Waals surface area contributed by atoms with Crippen LogP contribution in [0.15, 0.2) is 48.0 Å². The molecule has 0 bridgehead atoms. The number of nitrogens with one attached hydrogen (secondary N) is 1. The molecular weight excluding hydrogens is 394 g/mol. The first-order valence-electron chi connectivity index (χ1n) is 9.87. The minimum Gasteiger partial charge on any atom is -0.270 e. The fourth-order valence-electron chi connectivity index (χ4n) is 3.81. The number of rotatable bonds is 6. The van der Waals surface area contributed by atoms with Crippen molar-refractivity contribution in [3.8, 4) is 17.3 Å². The molecule has 0 amide bonds. The fourth-order valence-corrected chi connectivity index (χ4v) is 5.04. The lowest BCUT2D eigenvalue weighted by molar-refractivity contribution is 0.629. The highest BCUT2D eigenvalue weighted by Gasteiger charge is 2.21. The molecule has 4 aromatic rings. The first-order valence-corrected chi connectivity index (χ1v) is 10.7. The maximum atomic E-state index is 8.88. The number of benzene rings is 1. The van der Waals surface area contributed by atoms with Gasteiger partial charge in [0.2, 0.25) is 0 Å². The molecule has 0 atom stereocenters. The van der Waals surface area contributed by atoms with Crippen molar-refractivity contribution >= 4 is 33.6 Å². The molecule has 7 nitrogen and oxygen atoms in total. The van der Waals surface area contributed by atoms with Crippen LogP contribution in [-0.4, -0.2) is 26.0 Å². The summed E-state index contributed by atoms with van der Waals surface area (Å²) < 4.78 is 1.79. The van der Waals surface area contributed by atoms with E-state index >= 15 is 0 Å². The lowest BCUT2D eigenvalue weighted by Crippen LogP contribution is -1.97. The highest BCUT2D eigenvalue weighted by Crippen LogP contribution is 2.39. The van der Waals surface area contributed by atoms with Gasteiger partial charge in [-0.2, -0.15) is 15.5 Å². The summed E-state index contributed by atoms with van der Waals surface area (Å²) in [7, 11) is 0. The van der Waals surface area contributed by atoms with E-state index < -0.39 is 0 Å². The molecule has 1 aliphatic carbocycles. The zero-order valence-electron chi connectivity index (χ0n) is 16.2. The third kappa shape index (κ3) is 3.44. The second kappa shape index (κ2) is 8.05. The fraction of sp³-hybridized carbons (Fsp3) is 0.227. The van der Waals surface area contributed by atoms with E-state index in [2.05, 4.69) is 31.7 Å². The number of fused-ring (bicyclic) bond motifs is 3. The van der Waals surface area contributed by atoms with Crippen molar-refractivity contribution in [2.24, 2.45) is 5.10 Å². The largest absolute Gasteiger partial charge is 0.270 e. The Balaban J connectivity index is 1.45. The number of nitriles is 1. The van der Waals surface area contributed by atoms with Gasteiger partial charge in [0.1, 0.15) is 16.9 Å². The van der Waals surface area contributed by atoms with Crippen LogP contribution in [0.2, 0.25) is 0 Å². The first kappa shape index (κ1) is 18.5. The molecule has 0 fully saturated rings. The zero-order chi connectivity index (χ0) is 20.3. The number of anilines is 1. The van der Waals surface area contributed by atoms with Crippen molar-refractivity contribution in [3.63, 3.8) is 0 Å². The molecule has 0 unspecified atom stereocenters. The molecule has 0 aliphatic heterocycles. The Morgan fingerprint density at radius 3 is 3.00 bits per heavy atom. The lowest BCUT2D eigenvalue weighted by Gasteiger charge is -2.02. The molecule has 8 heteroatoms. The summed E-state index contributed by atoms with van der Waals surface area (Å²) in [5.41, 5.74) is 7.21. The van der Waals surface area contributed by atoms with Crippen molar-refractivity contribution in [2.75, 3.05) is 5.43 Å². The van der Waals surface area contributed by atoms with Gasteiger partial charge in [-0.05, 0) is 24.8 Å². The van der Waals surface area contributed by atoms with Gasteiger partial charge in [-0.1, -0.05) is 30.3 Å². The van der Waals surface area contributed by atoms with Crippen LogP contribution in [-0.2, 0) is 19.4 Å². The molecule has 0 saturated carbocycles. The van der Waals surface area contributed by atoms with E-state index in [1.165, 1.54) is 16.9 Å². The Morgan fingerprint density at radius 2 is 2.13 bits per heavy atom. The van der Waals surface area contributed by atoms with Crippen LogP contribution in [0.4, 0.5) is 5.82 Å². The number of aryl methyl sites for hydroxylation is 3. The Labute approximate surface area is 177 Å². The maximum absolute atomic E-state index is 8.88. The maximum Gasteiger partial charge on any atom is 0.158 e. The van der Waals surface area contributed by atoms with Gasteiger partial charge < -0.3 is 0 Å². The third-order valence-corrected chi connectivity index (χ3v) is 6.37. The van der Waals surface area contributed by atoms with Gasteiger partial charge in [-0.3, -0.25) is 10.1 Å². The van der Waals surface area contributed by atoms with Gasteiger partial charge in [0.05, 0.1) is 30.6 Å². The molecule has 1 aromatic carbocycles. The third-order valence-electron chi connectivity index (χ3n) is 5.17. The lowest BCUT2D eigenvalue weighted by atomic mass is 10.1. The number of thiophene rings is 1. The zero-order valence-corrected chi connectivity index (χ0v) is 17.1. The van der Waals surface area contributed by atoms with Crippen molar-refractivity contribution in [1.29, 1.82) is 5.26 Å². The van der Waals surface area contributed by atoms with Crippen molar-refractivity contribution in [3.05, 3.63) is 58.9 Å². The molecule has 0 saturated heterocycles. The van der Waals surface area contributed by atoms with Crippen LogP contribution < -0.4 is 5.43 Å². The summed E-state index contributed by atoms with van der Waals surface area (Å²) in [5, 5.41) is 19.1. The van der Waals surface area contributed by atoms with E-state index in [4.69, 9.17) is 5.26 Å². The van der Waals surface area contributed by atoms with Gasteiger partial charge in [-0.15, -0.1) is 11.3 Å². The van der Waals surface area contributed by atoms with Crippen molar-refractivity contribution in [1.82, 2.24) is 19.7 Å². The number of nitrogens with zero attached hydrogens (tertiary/aromatic N) is 6. The molecule has 5 rings (SSSR count). The van der Waals surface area contributed by atoms with Crippen LogP contribution in [0.1, 0.15) is 28.8 Å². The second-order valence-electron chi connectivity index (χ2n) is 7.10. The van der Waals surface area contributed by atoms with E-state index in [9.17, 15) is 0 Å². The summed E-state index contributed by atoms with van der Waals surface area (Å²) in [5.74, 6) is 0.744. The van der Waals surface area contributed by atoms with Crippen LogP contribution in [0.5, 0.6) is 0 Å². The SMILES string of the molecule is N#CCCn1cc(/C=N\Nc2ncnc3sc4c(c23)CCC4)c(-c2ccccc2)n1. The highest BCUT2D eigenvalue weighted by atomic mass is 32.1. The van der Waals surface area contributed by atoms with E-state index in [0.29, 0.717) is 13.0 Å². The summed E-state index contributed by atoms with van der Waals surface area (Å²) in [6.45, 7) is 0.547. The predicted molar refractivity (Wildman–Crippen MR) is 119 cm³/mol. The average Bonchev–Trinajstić information content (AvgIpc) is 3.47. The van der Waals surface area contributed by atoms with E-state index in [0.717, 1.165) is 45.7 Å². The Hall–Kier alpha value is -3.57. The second-order valence-corrected chi connectivity index (χ2v) is 8.18. The van der Waals surface area contributed by atoms with E-state index in [1.54, 1.807) is 28.6 Å². The molecule has 3 aromatic heterocycles. The van der Waals surface area contributed by atoms with E-state index in [-0.39, 0.29) is 0 Å². The highest BCUT2D eigenvalue weighted by molar-refractivity contribution is 7.19. The van der Waals surface area contributed by atoms with Gasteiger partial charge in [0.15, 0.2) is 5.82 Å². The average molecular weight is 414 g/mol. The Kier molecular flexibility index (Phi) is 4.95. The molecule has 1 aliphatic rings. The predicted octanol–water partition coefficient (Wildman–Crippen LogP) is 4.40. The minimum atomic E-state index is 0.410. The Morgan fingerprint density at radius 1 is 1.23 bits per heavy atom. The normalized spacial score (nSPS) is 13.0. The quantitative estimate of drug-likeness (QED) is 0.374. The molecule has 3 heterocycles. The molecule has 0 radical (unpaired) electrons. The number of hydrogen-bond donors (Lipinski definition) is 1. The molecular formula is C22H19N7S. The van der Waals surface area contributed by atoms with Gasteiger partial charge >= 0.3 is 0 Å². The standard InChI is InChI=1S/C22H19N7S/c23-10-5-11-29-13-16(20(28-29)15-6-2-1-3-7-15)12-26-27-21-19-17-8-4-9-18(17)30-22(19)25-14-24-21/h1-3,6-7,12-14H,4-5,8-9,11H2,(H,24,25,27)/b26-12-. The van der Waals surface area contributed by atoms with Crippen molar-refractivity contribution < 1.29 is 0 Å². The summed E-state index contributed by atoms with van der Waals surface area (Å²) in [6.07, 6.45) is 9.07. The monoisotopic (exact) mass is 413 g/mol. The smallest absolute Gasteiger partial charge is 0.158 e. The van der Waals surface area contributed by atoms with Gasteiger partial charge in [-0.25, -0.2) is 9.97 Å². The summed E-state index contributed by atoms with van der Waals surface area (Å²) in [4.78, 5) is 11.3. The Bertz CT molecular complexity index is 1260. The van der Waals surface area contributed by atoms with Gasteiger partial charge in [0, 0.05) is 22.2 Å². The molecule has 30 heavy (non-hydrogen) atoms. The summed E-state index contributed by atoms with van der Waals surface area (Å²) >= 11 is 1.76. The molecule has 0 spiro atoms. The molecule has 1 N–H and O–H groups in total. The van der Waals surface area contributed by atoms with E-state index in [1.807, 2.05) is 36.5 Å².